The van der Waals surface area contributed by atoms with Gasteiger partial charge in [-0.2, -0.15) is 13.2 Å². The summed E-state index contributed by atoms with van der Waals surface area (Å²) >= 11 is 0. The molecule has 1 amide bonds. The highest BCUT2D eigenvalue weighted by Gasteiger charge is 2.29. The first-order valence-corrected chi connectivity index (χ1v) is 7.74. The van der Waals surface area contributed by atoms with Gasteiger partial charge in [-0.15, -0.1) is 0 Å². The van der Waals surface area contributed by atoms with Crippen LogP contribution in [0.2, 0.25) is 0 Å². The van der Waals surface area contributed by atoms with Crippen molar-refractivity contribution in [3.8, 4) is 17.2 Å². The molecule has 0 atom stereocenters. The van der Waals surface area contributed by atoms with Crippen LogP contribution in [0.4, 0.5) is 18.9 Å². The minimum atomic E-state index is -4.42. The number of rotatable bonds is 6. The van der Waals surface area contributed by atoms with Crippen LogP contribution in [0, 0.1) is 0 Å². The predicted octanol–water partition coefficient (Wildman–Crippen LogP) is 4.38. The van der Waals surface area contributed by atoms with Gasteiger partial charge in [-0.25, -0.2) is 0 Å². The summed E-state index contributed by atoms with van der Waals surface area (Å²) in [6.07, 6.45) is -1.66. The molecule has 0 heterocycles. The highest BCUT2D eigenvalue weighted by Crippen LogP contribution is 2.38. The third-order valence-electron chi connectivity index (χ3n) is 3.59. The van der Waals surface area contributed by atoms with Crippen LogP contribution in [0.1, 0.15) is 11.1 Å². The lowest BCUT2D eigenvalue weighted by atomic mass is 10.1. The molecule has 0 saturated carbocycles. The fourth-order valence-corrected chi connectivity index (χ4v) is 2.30. The first-order valence-electron chi connectivity index (χ1n) is 7.74. The molecular weight excluding hydrogens is 363 g/mol. The zero-order valence-electron chi connectivity index (χ0n) is 14.9. The van der Waals surface area contributed by atoms with Gasteiger partial charge in [-0.1, -0.05) is 0 Å². The topological polar surface area (TPSA) is 56.8 Å². The average Bonchev–Trinajstić information content (AvgIpc) is 2.65. The van der Waals surface area contributed by atoms with E-state index in [1.54, 1.807) is 12.1 Å². The Labute approximate surface area is 154 Å². The molecule has 144 valence electrons. The SMILES string of the molecule is COc1cc(/C=C/C(=O)Nc2ccc(C(F)(F)F)cc2)cc(OC)c1OC. The quantitative estimate of drug-likeness (QED) is 0.755. The molecule has 0 aromatic heterocycles. The van der Waals surface area contributed by atoms with Crippen LogP contribution in [0.5, 0.6) is 17.2 Å². The maximum Gasteiger partial charge on any atom is 0.416 e. The van der Waals surface area contributed by atoms with E-state index in [4.69, 9.17) is 14.2 Å². The standard InChI is InChI=1S/C19H18F3NO4/c1-25-15-10-12(11-16(26-2)18(15)27-3)4-9-17(24)23-14-7-5-13(6-8-14)19(20,21)22/h4-11H,1-3H3,(H,23,24)/b9-4+. The number of hydrogen-bond donors (Lipinski definition) is 1. The molecule has 0 spiro atoms. The average molecular weight is 381 g/mol. The first-order chi connectivity index (χ1) is 12.8. The second-order valence-electron chi connectivity index (χ2n) is 5.36. The summed E-state index contributed by atoms with van der Waals surface area (Å²) in [6, 6.07) is 7.49. The molecule has 2 aromatic carbocycles. The van der Waals surface area contributed by atoms with Crippen molar-refractivity contribution in [1.29, 1.82) is 0 Å². The Morgan fingerprint density at radius 2 is 1.52 bits per heavy atom. The molecule has 0 unspecified atom stereocenters. The van der Waals surface area contributed by atoms with Crippen LogP contribution in [-0.4, -0.2) is 27.2 Å². The van der Waals surface area contributed by atoms with Crippen molar-refractivity contribution >= 4 is 17.7 Å². The molecule has 0 aliphatic rings. The van der Waals surface area contributed by atoms with Crippen molar-refractivity contribution in [2.45, 2.75) is 6.18 Å². The number of nitrogens with one attached hydrogen (secondary N) is 1. The van der Waals surface area contributed by atoms with Gasteiger partial charge in [-0.3, -0.25) is 4.79 Å². The minimum Gasteiger partial charge on any atom is -0.493 e. The number of benzene rings is 2. The van der Waals surface area contributed by atoms with E-state index in [1.807, 2.05) is 0 Å². The summed E-state index contributed by atoms with van der Waals surface area (Å²) in [5.41, 5.74) is 0.0862. The van der Waals surface area contributed by atoms with Gasteiger partial charge in [0.05, 0.1) is 26.9 Å². The molecule has 1 N–H and O–H groups in total. The van der Waals surface area contributed by atoms with Crippen LogP contribution in [-0.2, 0) is 11.0 Å². The number of amides is 1. The van der Waals surface area contributed by atoms with Crippen molar-refractivity contribution in [3.05, 3.63) is 53.6 Å². The summed E-state index contributed by atoms with van der Waals surface area (Å²) in [5.74, 6) is 0.786. The lowest BCUT2D eigenvalue weighted by Gasteiger charge is -2.12. The smallest absolute Gasteiger partial charge is 0.416 e. The molecular formula is C19H18F3NO4. The molecule has 5 nitrogen and oxygen atoms in total. The fourth-order valence-electron chi connectivity index (χ4n) is 2.30. The number of halogens is 3. The minimum absolute atomic E-state index is 0.252. The molecule has 27 heavy (non-hydrogen) atoms. The van der Waals surface area contributed by atoms with Crippen molar-refractivity contribution in [2.75, 3.05) is 26.6 Å². The molecule has 0 saturated heterocycles. The third kappa shape index (κ3) is 5.16. The van der Waals surface area contributed by atoms with Crippen molar-refractivity contribution in [3.63, 3.8) is 0 Å². The summed E-state index contributed by atoms with van der Waals surface area (Å²) in [7, 11) is 4.43. The van der Waals surface area contributed by atoms with Crippen LogP contribution < -0.4 is 19.5 Å². The number of anilines is 1. The lowest BCUT2D eigenvalue weighted by Crippen LogP contribution is -2.09. The molecule has 2 aromatic rings. The van der Waals surface area contributed by atoms with E-state index >= 15 is 0 Å². The molecule has 0 bridgehead atoms. The Morgan fingerprint density at radius 1 is 0.963 bits per heavy atom. The van der Waals surface area contributed by atoms with Gasteiger partial charge in [-0.05, 0) is 48.0 Å². The van der Waals surface area contributed by atoms with E-state index in [-0.39, 0.29) is 5.69 Å². The molecule has 0 aliphatic heterocycles. The monoisotopic (exact) mass is 381 g/mol. The molecule has 0 fully saturated rings. The summed E-state index contributed by atoms with van der Waals surface area (Å²) in [6.45, 7) is 0. The first kappa shape index (κ1) is 20.2. The van der Waals surface area contributed by atoms with Gasteiger partial charge < -0.3 is 19.5 Å². The summed E-state index contributed by atoms with van der Waals surface area (Å²) < 4.78 is 53.3. The van der Waals surface area contributed by atoms with E-state index in [0.29, 0.717) is 22.8 Å². The second-order valence-corrected chi connectivity index (χ2v) is 5.36. The van der Waals surface area contributed by atoms with E-state index < -0.39 is 17.6 Å². The largest absolute Gasteiger partial charge is 0.493 e. The maximum atomic E-state index is 12.5. The Hall–Kier alpha value is -3.16. The zero-order valence-corrected chi connectivity index (χ0v) is 14.9. The highest BCUT2D eigenvalue weighted by atomic mass is 19.4. The molecule has 2 rings (SSSR count). The van der Waals surface area contributed by atoms with Crippen LogP contribution in [0.15, 0.2) is 42.5 Å². The molecule has 8 heteroatoms. The molecule has 0 radical (unpaired) electrons. The van der Waals surface area contributed by atoms with Gasteiger partial charge in [0.2, 0.25) is 11.7 Å². The number of ether oxygens (including phenoxy) is 3. The normalized spacial score (nSPS) is 11.3. The zero-order chi connectivity index (χ0) is 20.0. The van der Waals surface area contributed by atoms with Crippen LogP contribution in [0.25, 0.3) is 6.08 Å². The van der Waals surface area contributed by atoms with E-state index in [1.165, 1.54) is 45.6 Å². The molecule has 0 aliphatic carbocycles. The van der Waals surface area contributed by atoms with E-state index in [0.717, 1.165) is 12.1 Å². The van der Waals surface area contributed by atoms with E-state index in [9.17, 15) is 18.0 Å². The predicted molar refractivity (Wildman–Crippen MR) is 95.2 cm³/mol. The van der Waals surface area contributed by atoms with Gasteiger partial charge in [0, 0.05) is 11.8 Å². The van der Waals surface area contributed by atoms with Crippen molar-refractivity contribution < 1.29 is 32.2 Å². The number of carbonyl (C=O) groups is 1. The Kier molecular flexibility index (Phi) is 6.33. The Balaban J connectivity index is 2.12. The lowest BCUT2D eigenvalue weighted by molar-refractivity contribution is -0.137. The van der Waals surface area contributed by atoms with Crippen molar-refractivity contribution in [1.82, 2.24) is 0 Å². The fraction of sp³-hybridized carbons (Fsp3) is 0.211. The van der Waals surface area contributed by atoms with Gasteiger partial charge in [0.15, 0.2) is 11.5 Å². The number of carbonyl (C=O) groups excluding carboxylic acids is 1. The second kappa shape index (κ2) is 8.48. The van der Waals surface area contributed by atoms with Crippen LogP contribution >= 0.6 is 0 Å². The maximum absolute atomic E-state index is 12.5. The Morgan fingerprint density at radius 3 is 1.96 bits per heavy atom. The van der Waals surface area contributed by atoms with Crippen molar-refractivity contribution in [2.24, 2.45) is 0 Å². The van der Waals surface area contributed by atoms with Gasteiger partial charge in [0.1, 0.15) is 0 Å². The summed E-state index contributed by atoms with van der Waals surface area (Å²) in [4.78, 5) is 12.0. The van der Waals surface area contributed by atoms with Gasteiger partial charge >= 0.3 is 6.18 Å². The van der Waals surface area contributed by atoms with Crippen LogP contribution in [0.3, 0.4) is 0 Å². The third-order valence-corrected chi connectivity index (χ3v) is 3.59. The summed E-state index contributed by atoms with van der Waals surface area (Å²) in [5, 5.41) is 2.49. The number of hydrogen-bond acceptors (Lipinski definition) is 4. The van der Waals surface area contributed by atoms with Gasteiger partial charge in [0.25, 0.3) is 0 Å². The van der Waals surface area contributed by atoms with E-state index in [2.05, 4.69) is 5.32 Å². The number of methoxy groups -OCH3 is 3. The highest BCUT2D eigenvalue weighted by molar-refractivity contribution is 6.02. The number of alkyl halides is 3. The Bertz CT molecular complexity index is 805.